The second-order valence-electron chi connectivity index (χ2n) is 1.92. The third kappa shape index (κ3) is 2.22. The molecule has 0 aromatic heterocycles. The van der Waals surface area contributed by atoms with Crippen LogP contribution in [0, 0.1) is 6.57 Å². The van der Waals surface area contributed by atoms with E-state index in [1.165, 1.54) is 0 Å². The second-order valence-corrected chi connectivity index (χ2v) is 1.92. The molecule has 0 aliphatic carbocycles. The summed E-state index contributed by atoms with van der Waals surface area (Å²) in [5.41, 5.74) is -0.502. The molecular formula is C7H7NO3. The summed E-state index contributed by atoms with van der Waals surface area (Å²) in [6, 6.07) is 0. The standard InChI is InChI=1S/C7H7NO3/c1-4(9)6(8-3)7(11)5(2)10/h11H,1-2H3. The lowest BCUT2D eigenvalue weighted by molar-refractivity contribution is -0.117. The van der Waals surface area contributed by atoms with E-state index in [-0.39, 0.29) is 0 Å². The highest BCUT2D eigenvalue weighted by Gasteiger charge is 2.13. The van der Waals surface area contributed by atoms with Crippen LogP contribution in [0.4, 0.5) is 0 Å². The van der Waals surface area contributed by atoms with E-state index in [1.807, 2.05) is 0 Å². The van der Waals surface area contributed by atoms with Crippen LogP contribution in [0.1, 0.15) is 13.8 Å². The summed E-state index contributed by atoms with van der Waals surface area (Å²) in [5, 5.41) is 8.85. The van der Waals surface area contributed by atoms with Gasteiger partial charge in [0.05, 0.1) is 6.57 Å². The Hall–Kier alpha value is -1.63. The van der Waals surface area contributed by atoms with E-state index in [0.29, 0.717) is 0 Å². The van der Waals surface area contributed by atoms with Crippen LogP contribution in [0.2, 0.25) is 0 Å². The maximum absolute atomic E-state index is 10.5. The zero-order valence-corrected chi connectivity index (χ0v) is 6.21. The van der Waals surface area contributed by atoms with Crippen molar-refractivity contribution >= 4 is 11.6 Å². The molecule has 0 aromatic carbocycles. The normalized spacial score (nSPS) is 11.4. The van der Waals surface area contributed by atoms with Crippen LogP contribution in [0.15, 0.2) is 11.5 Å². The van der Waals surface area contributed by atoms with E-state index in [4.69, 9.17) is 11.7 Å². The molecule has 0 aliphatic rings. The minimum atomic E-state index is -0.757. The molecule has 0 bridgehead atoms. The summed E-state index contributed by atoms with van der Waals surface area (Å²) in [6.07, 6.45) is 0. The Morgan fingerprint density at radius 3 is 1.82 bits per heavy atom. The number of hydrogen-bond donors (Lipinski definition) is 1. The molecule has 4 heteroatoms. The number of carbonyl (C=O) groups excluding carboxylic acids is 2. The number of nitrogens with zero attached hydrogens (tertiary/aromatic N) is 1. The summed E-state index contributed by atoms with van der Waals surface area (Å²) in [5.74, 6) is -2.04. The van der Waals surface area contributed by atoms with Gasteiger partial charge >= 0.3 is 0 Å². The SMILES string of the molecule is [C-]#[N+]C(C(C)=O)=C(O)C(C)=O. The number of ketones is 2. The first-order valence-corrected chi connectivity index (χ1v) is 2.83. The summed E-state index contributed by atoms with van der Waals surface area (Å²) < 4.78 is 0. The van der Waals surface area contributed by atoms with Crippen molar-refractivity contribution in [1.82, 2.24) is 0 Å². The van der Waals surface area contributed by atoms with Gasteiger partial charge in [0.1, 0.15) is 0 Å². The quantitative estimate of drug-likeness (QED) is 0.363. The van der Waals surface area contributed by atoms with Gasteiger partial charge in [-0.1, -0.05) is 0 Å². The Morgan fingerprint density at radius 1 is 1.27 bits per heavy atom. The summed E-state index contributed by atoms with van der Waals surface area (Å²) in [6.45, 7) is 8.65. The molecule has 0 saturated heterocycles. The van der Waals surface area contributed by atoms with Gasteiger partial charge in [-0.3, -0.25) is 4.79 Å². The lowest BCUT2D eigenvalue weighted by atomic mass is 10.2. The minimum Gasteiger partial charge on any atom is -0.516 e. The van der Waals surface area contributed by atoms with E-state index in [1.54, 1.807) is 0 Å². The molecule has 0 unspecified atom stereocenters. The third-order valence-corrected chi connectivity index (χ3v) is 1.00. The first-order chi connectivity index (χ1) is 5.00. The zero-order valence-electron chi connectivity index (χ0n) is 6.21. The Balaban J connectivity index is 5.04. The van der Waals surface area contributed by atoms with Gasteiger partial charge in [0.15, 0.2) is 17.3 Å². The van der Waals surface area contributed by atoms with Crippen LogP contribution in [0.25, 0.3) is 4.85 Å². The maximum atomic E-state index is 10.5. The first-order valence-electron chi connectivity index (χ1n) is 2.83. The predicted molar refractivity (Wildman–Crippen MR) is 37.6 cm³/mol. The van der Waals surface area contributed by atoms with Gasteiger partial charge in [-0.05, 0) is 6.92 Å². The van der Waals surface area contributed by atoms with Crippen molar-refractivity contribution in [1.29, 1.82) is 0 Å². The predicted octanol–water partition coefficient (Wildman–Crippen LogP) is 0.853. The Morgan fingerprint density at radius 2 is 1.73 bits per heavy atom. The van der Waals surface area contributed by atoms with Crippen LogP contribution < -0.4 is 0 Å². The van der Waals surface area contributed by atoms with Gasteiger partial charge in [0, 0.05) is 6.92 Å². The maximum Gasteiger partial charge on any atom is 0.273 e. The number of Topliss-reactive ketones (excluding diaryl/α,β-unsaturated/α-hetero) is 2. The van der Waals surface area contributed by atoms with Gasteiger partial charge in [-0.2, -0.15) is 0 Å². The number of hydrogen-bond acceptors (Lipinski definition) is 3. The molecule has 1 N–H and O–H groups in total. The van der Waals surface area contributed by atoms with Crippen LogP contribution in [0.5, 0.6) is 0 Å². The van der Waals surface area contributed by atoms with E-state index in [2.05, 4.69) is 4.85 Å². The Kier molecular flexibility index (Phi) is 3.00. The van der Waals surface area contributed by atoms with Gasteiger partial charge < -0.3 is 9.90 Å². The van der Waals surface area contributed by atoms with Crippen molar-refractivity contribution < 1.29 is 14.7 Å². The van der Waals surface area contributed by atoms with Crippen LogP contribution in [0.3, 0.4) is 0 Å². The van der Waals surface area contributed by atoms with E-state index < -0.39 is 23.0 Å². The van der Waals surface area contributed by atoms with Crippen molar-refractivity contribution in [3.63, 3.8) is 0 Å². The number of aliphatic hydroxyl groups excluding tert-OH is 1. The van der Waals surface area contributed by atoms with Crippen LogP contribution >= 0.6 is 0 Å². The molecule has 11 heavy (non-hydrogen) atoms. The molecule has 58 valence electrons. The van der Waals surface area contributed by atoms with Crippen molar-refractivity contribution in [2.45, 2.75) is 13.8 Å². The molecule has 0 radical (unpaired) electrons. The highest BCUT2D eigenvalue weighted by molar-refractivity contribution is 6.04. The number of rotatable bonds is 2. The average molecular weight is 153 g/mol. The Labute approximate surface area is 64.0 Å². The lowest BCUT2D eigenvalue weighted by Gasteiger charge is -1.94. The lowest BCUT2D eigenvalue weighted by Crippen LogP contribution is -2.04. The van der Waals surface area contributed by atoms with Crippen molar-refractivity contribution in [3.05, 3.63) is 22.9 Å². The fourth-order valence-electron chi connectivity index (χ4n) is 0.465. The molecule has 0 saturated carbocycles. The largest absolute Gasteiger partial charge is 0.516 e. The van der Waals surface area contributed by atoms with Crippen LogP contribution in [-0.4, -0.2) is 16.7 Å². The van der Waals surface area contributed by atoms with Crippen molar-refractivity contribution in [2.75, 3.05) is 0 Å². The number of aliphatic hydroxyl groups is 1. The molecule has 0 aromatic rings. The highest BCUT2D eigenvalue weighted by atomic mass is 16.3. The van der Waals surface area contributed by atoms with Crippen LogP contribution in [-0.2, 0) is 9.59 Å². The molecule has 0 amide bonds. The summed E-state index contributed by atoms with van der Waals surface area (Å²) >= 11 is 0. The zero-order chi connectivity index (χ0) is 9.02. The third-order valence-electron chi connectivity index (χ3n) is 1.00. The molecule has 0 aliphatic heterocycles. The van der Waals surface area contributed by atoms with Gasteiger partial charge in [-0.25, -0.2) is 4.85 Å². The fourth-order valence-corrected chi connectivity index (χ4v) is 0.465. The molecular weight excluding hydrogens is 146 g/mol. The monoisotopic (exact) mass is 153 g/mol. The number of carbonyl (C=O) groups is 2. The molecule has 0 spiro atoms. The van der Waals surface area contributed by atoms with Crippen molar-refractivity contribution in [2.24, 2.45) is 0 Å². The Bertz CT molecular complexity index is 270. The van der Waals surface area contributed by atoms with Gasteiger partial charge in [0.25, 0.3) is 5.70 Å². The highest BCUT2D eigenvalue weighted by Crippen LogP contribution is 2.05. The molecule has 0 fully saturated rings. The van der Waals surface area contributed by atoms with Crippen molar-refractivity contribution in [3.8, 4) is 0 Å². The molecule has 0 atom stereocenters. The average Bonchev–Trinajstić information content (AvgIpc) is 1.88. The molecule has 4 nitrogen and oxygen atoms in total. The second kappa shape index (κ2) is 3.52. The minimum absolute atomic E-state index is 0.502. The molecule has 0 rings (SSSR count). The number of allylic oxidation sites excluding steroid dienone is 2. The summed E-state index contributed by atoms with van der Waals surface area (Å²) in [7, 11) is 0. The first kappa shape index (κ1) is 9.37. The smallest absolute Gasteiger partial charge is 0.273 e. The van der Waals surface area contributed by atoms with E-state index >= 15 is 0 Å². The van der Waals surface area contributed by atoms with Gasteiger partial charge in [0.2, 0.25) is 0 Å². The fraction of sp³-hybridized carbons (Fsp3) is 0.286. The molecule has 0 heterocycles. The summed E-state index contributed by atoms with van der Waals surface area (Å²) in [4.78, 5) is 23.7. The van der Waals surface area contributed by atoms with E-state index in [9.17, 15) is 9.59 Å². The topological polar surface area (TPSA) is 58.7 Å². The van der Waals surface area contributed by atoms with E-state index in [0.717, 1.165) is 13.8 Å². The van der Waals surface area contributed by atoms with Gasteiger partial charge in [-0.15, -0.1) is 0 Å².